The molecule has 2 rings (SSSR count). The summed E-state index contributed by atoms with van der Waals surface area (Å²) in [5.41, 5.74) is 0. The molecule has 2 aliphatic heterocycles. The molecule has 19 heavy (non-hydrogen) atoms. The number of nitrogens with one attached hydrogen (secondary N) is 3. The molecule has 2 aliphatic rings. The molecule has 3 N–H and O–H groups in total. The van der Waals surface area contributed by atoms with Crippen LogP contribution in [0.25, 0.3) is 0 Å². The van der Waals surface area contributed by atoms with Crippen LogP contribution in [0.4, 0.5) is 0 Å². The average molecular weight is 267 g/mol. The van der Waals surface area contributed by atoms with E-state index in [1.54, 1.807) is 0 Å². The molecule has 2 saturated heterocycles. The van der Waals surface area contributed by atoms with Crippen LogP contribution in [0.5, 0.6) is 0 Å². The average Bonchev–Trinajstić information content (AvgIpc) is 2.83. The summed E-state index contributed by atoms with van der Waals surface area (Å²) < 4.78 is 0. The number of piperidine rings is 1. The fourth-order valence-electron chi connectivity index (χ4n) is 2.96. The monoisotopic (exact) mass is 267 g/mol. The maximum absolute atomic E-state index is 11.9. The Morgan fingerprint density at radius 2 is 2.32 bits per heavy atom. The van der Waals surface area contributed by atoms with Crippen molar-refractivity contribution < 1.29 is 9.59 Å². The zero-order valence-corrected chi connectivity index (χ0v) is 11.7. The Balaban J connectivity index is 1.64. The highest BCUT2D eigenvalue weighted by Crippen LogP contribution is 2.22. The Bertz CT molecular complexity index is 327. The second-order valence-electron chi connectivity index (χ2n) is 5.90. The summed E-state index contributed by atoms with van der Waals surface area (Å²) in [4.78, 5) is 22.9. The molecule has 0 aliphatic carbocycles. The van der Waals surface area contributed by atoms with E-state index in [0.29, 0.717) is 31.2 Å². The zero-order valence-electron chi connectivity index (χ0n) is 11.7. The lowest BCUT2D eigenvalue weighted by molar-refractivity contribution is -0.123. The van der Waals surface area contributed by atoms with Crippen molar-refractivity contribution in [2.24, 2.45) is 11.8 Å². The number of carbonyl (C=O) groups excluding carboxylic acids is 2. The van der Waals surface area contributed by atoms with E-state index in [1.165, 1.54) is 12.8 Å². The van der Waals surface area contributed by atoms with Gasteiger partial charge in [-0.3, -0.25) is 9.59 Å². The molecular weight excluding hydrogens is 242 g/mol. The standard InChI is InChI=1S/C14H25N3O2/c1-10(11-3-2-6-15-8-11)7-14(19)16-9-12-4-5-13(18)17-12/h10-12,15H,2-9H2,1H3,(H,16,19)(H,17,18). The molecule has 3 unspecified atom stereocenters. The van der Waals surface area contributed by atoms with Gasteiger partial charge in [0.1, 0.15) is 0 Å². The van der Waals surface area contributed by atoms with Crippen molar-refractivity contribution in [3.63, 3.8) is 0 Å². The highest BCUT2D eigenvalue weighted by molar-refractivity contribution is 5.79. The van der Waals surface area contributed by atoms with Gasteiger partial charge in [0.15, 0.2) is 0 Å². The lowest BCUT2D eigenvalue weighted by Crippen LogP contribution is -2.40. The van der Waals surface area contributed by atoms with E-state index in [2.05, 4.69) is 22.9 Å². The maximum Gasteiger partial charge on any atom is 0.220 e. The molecule has 0 saturated carbocycles. The molecule has 0 aromatic carbocycles. The maximum atomic E-state index is 11.9. The summed E-state index contributed by atoms with van der Waals surface area (Å²) in [5, 5.41) is 9.19. The van der Waals surface area contributed by atoms with Crippen molar-refractivity contribution in [3.05, 3.63) is 0 Å². The molecule has 0 aromatic heterocycles. The van der Waals surface area contributed by atoms with E-state index >= 15 is 0 Å². The predicted octanol–water partition coefficient (Wildman–Crippen LogP) is 0.407. The number of carbonyl (C=O) groups is 2. The van der Waals surface area contributed by atoms with Gasteiger partial charge in [0.2, 0.25) is 11.8 Å². The van der Waals surface area contributed by atoms with Crippen molar-refractivity contribution in [2.75, 3.05) is 19.6 Å². The number of amides is 2. The molecule has 5 heteroatoms. The SMILES string of the molecule is CC(CC(=O)NCC1CCC(=O)N1)C1CCCNC1. The van der Waals surface area contributed by atoms with Gasteiger partial charge in [0.25, 0.3) is 0 Å². The second-order valence-corrected chi connectivity index (χ2v) is 5.90. The summed E-state index contributed by atoms with van der Waals surface area (Å²) in [6, 6.07) is 0.128. The molecule has 2 amide bonds. The van der Waals surface area contributed by atoms with Gasteiger partial charge in [-0.1, -0.05) is 6.92 Å². The van der Waals surface area contributed by atoms with Crippen molar-refractivity contribution >= 4 is 11.8 Å². The van der Waals surface area contributed by atoms with Gasteiger partial charge in [0, 0.05) is 25.4 Å². The minimum atomic E-state index is 0.0981. The number of rotatable bonds is 5. The van der Waals surface area contributed by atoms with E-state index in [9.17, 15) is 9.59 Å². The van der Waals surface area contributed by atoms with Crippen molar-refractivity contribution in [1.29, 1.82) is 0 Å². The summed E-state index contributed by atoms with van der Waals surface area (Å²) in [5.74, 6) is 1.25. The summed E-state index contributed by atoms with van der Waals surface area (Å²) >= 11 is 0. The van der Waals surface area contributed by atoms with E-state index in [0.717, 1.165) is 19.5 Å². The third-order valence-electron chi connectivity index (χ3n) is 4.28. The van der Waals surface area contributed by atoms with Crippen LogP contribution in [-0.4, -0.2) is 37.5 Å². The van der Waals surface area contributed by atoms with Crippen LogP contribution in [0.15, 0.2) is 0 Å². The van der Waals surface area contributed by atoms with E-state index in [4.69, 9.17) is 0 Å². The van der Waals surface area contributed by atoms with Crippen molar-refractivity contribution in [3.8, 4) is 0 Å². The number of hydrogen-bond donors (Lipinski definition) is 3. The van der Waals surface area contributed by atoms with Gasteiger partial charge in [-0.05, 0) is 44.2 Å². The first-order valence-electron chi connectivity index (χ1n) is 7.42. The fraction of sp³-hybridized carbons (Fsp3) is 0.857. The quantitative estimate of drug-likeness (QED) is 0.675. The Labute approximate surface area is 114 Å². The Hall–Kier alpha value is -1.10. The largest absolute Gasteiger partial charge is 0.354 e. The lowest BCUT2D eigenvalue weighted by Gasteiger charge is -2.28. The molecule has 0 spiro atoms. The van der Waals surface area contributed by atoms with Crippen LogP contribution in [0.2, 0.25) is 0 Å². The first-order chi connectivity index (χ1) is 9.15. The van der Waals surface area contributed by atoms with Crippen LogP contribution >= 0.6 is 0 Å². The summed E-state index contributed by atoms with van der Waals surface area (Å²) in [6.07, 6.45) is 4.45. The molecule has 0 aromatic rings. The van der Waals surface area contributed by atoms with Gasteiger partial charge < -0.3 is 16.0 Å². The molecule has 108 valence electrons. The fourth-order valence-corrected chi connectivity index (χ4v) is 2.96. The van der Waals surface area contributed by atoms with Crippen LogP contribution in [-0.2, 0) is 9.59 Å². The van der Waals surface area contributed by atoms with Crippen LogP contribution in [0.1, 0.15) is 39.0 Å². The summed E-state index contributed by atoms with van der Waals surface area (Å²) in [7, 11) is 0. The van der Waals surface area contributed by atoms with Gasteiger partial charge in [-0.25, -0.2) is 0 Å². The molecule has 5 nitrogen and oxygen atoms in total. The predicted molar refractivity (Wildman–Crippen MR) is 73.5 cm³/mol. The highest BCUT2D eigenvalue weighted by atomic mass is 16.2. The molecule has 0 bridgehead atoms. The van der Waals surface area contributed by atoms with E-state index < -0.39 is 0 Å². The molecule has 2 fully saturated rings. The van der Waals surface area contributed by atoms with Gasteiger partial charge in [-0.15, -0.1) is 0 Å². The zero-order chi connectivity index (χ0) is 13.7. The van der Waals surface area contributed by atoms with Gasteiger partial charge >= 0.3 is 0 Å². The van der Waals surface area contributed by atoms with Crippen LogP contribution in [0.3, 0.4) is 0 Å². The first kappa shape index (κ1) is 14.3. The van der Waals surface area contributed by atoms with Crippen LogP contribution in [0, 0.1) is 11.8 Å². The van der Waals surface area contributed by atoms with E-state index in [-0.39, 0.29) is 17.9 Å². The summed E-state index contributed by atoms with van der Waals surface area (Å²) in [6.45, 7) is 4.87. The highest BCUT2D eigenvalue weighted by Gasteiger charge is 2.24. The molecular formula is C14H25N3O2. The van der Waals surface area contributed by atoms with Crippen molar-refractivity contribution in [1.82, 2.24) is 16.0 Å². The third kappa shape index (κ3) is 4.49. The van der Waals surface area contributed by atoms with E-state index in [1.807, 2.05) is 0 Å². The Morgan fingerprint density at radius 3 is 2.95 bits per heavy atom. The topological polar surface area (TPSA) is 70.2 Å². The van der Waals surface area contributed by atoms with Gasteiger partial charge in [-0.2, -0.15) is 0 Å². The number of hydrogen-bond acceptors (Lipinski definition) is 3. The Kier molecular flexibility index (Phi) is 5.19. The second kappa shape index (κ2) is 6.89. The lowest BCUT2D eigenvalue weighted by atomic mass is 9.85. The molecule has 2 heterocycles. The Morgan fingerprint density at radius 1 is 1.47 bits per heavy atom. The normalized spacial score (nSPS) is 28.8. The minimum absolute atomic E-state index is 0.0981. The van der Waals surface area contributed by atoms with Crippen molar-refractivity contribution in [2.45, 2.75) is 45.1 Å². The molecule has 0 radical (unpaired) electrons. The smallest absolute Gasteiger partial charge is 0.220 e. The minimum Gasteiger partial charge on any atom is -0.354 e. The van der Waals surface area contributed by atoms with Gasteiger partial charge in [0.05, 0.1) is 0 Å². The first-order valence-corrected chi connectivity index (χ1v) is 7.42. The third-order valence-corrected chi connectivity index (χ3v) is 4.28. The van der Waals surface area contributed by atoms with Crippen LogP contribution < -0.4 is 16.0 Å². The molecule has 3 atom stereocenters.